The minimum atomic E-state index is -0.270. The summed E-state index contributed by atoms with van der Waals surface area (Å²) in [5.41, 5.74) is 0.737. The highest BCUT2D eigenvalue weighted by molar-refractivity contribution is 5.94. The van der Waals surface area contributed by atoms with Crippen LogP contribution in [-0.2, 0) is 9.59 Å². The van der Waals surface area contributed by atoms with E-state index in [1.54, 1.807) is 6.92 Å². The van der Waals surface area contributed by atoms with E-state index in [1.165, 1.54) is 25.7 Å². The van der Waals surface area contributed by atoms with Gasteiger partial charge >= 0.3 is 0 Å². The monoisotopic (exact) mass is 371 g/mol. The zero-order chi connectivity index (χ0) is 19.9. The molecule has 1 N–H and O–H groups in total. The standard InChI is InChI=1S/C24H37NO2/c1-5-6-7-9-13-18(2)25-23(24(4)16-10-8-11-17-24)22(27)21-15-12-14-20(21)19(3)26/h9,12-14,20-21,23,25H,2,5-8,10-11,15-17H2,1,3-4H3/b13-9+/t20-,21?,23?/m0/s1. The molecule has 0 aromatic heterocycles. The van der Waals surface area contributed by atoms with Crippen molar-refractivity contribution >= 4 is 11.6 Å². The highest BCUT2D eigenvalue weighted by Gasteiger charge is 2.44. The van der Waals surface area contributed by atoms with Crippen LogP contribution in [0.25, 0.3) is 0 Å². The second-order valence-electron chi connectivity index (χ2n) is 8.67. The molecule has 1 saturated carbocycles. The first-order valence-corrected chi connectivity index (χ1v) is 10.7. The molecule has 0 aromatic carbocycles. The molecule has 1 fully saturated rings. The van der Waals surface area contributed by atoms with Crippen molar-refractivity contribution in [3.8, 4) is 0 Å². The predicted molar refractivity (Wildman–Crippen MR) is 112 cm³/mol. The third kappa shape index (κ3) is 5.67. The fourth-order valence-corrected chi connectivity index (χ4v) is 4.60. The molecule has 2 unspecified atom stereocenters. The maximum Gasteiger partial charge on any atom is 0.159 e. The molecule has 0 spiro atoms. The number of hydrogen-bond donors (Lipinski definition) is 1. The Morgan fingerprint density at radius 2 is 2.00 bits per heavy atom. The van der Waals surface area contributed by atoms with Crippen LogP contribution in [-0.4, -0.2) is 17.6 Å². The number of Topliss-reactive ketones (excluding diaryl/α,β-unsaturated/α-hetero) is 2. The van der Waals surface area contributed by atoms with Gasteiger partial charge in [-0.3, -0.25) is 9.59 Å². The fourth-order valence-electron chi connectivity index (χ4n) is 4.60. The van der Waals surface area contributed by atoms with E-state index >= 15 is 0 Å². The molecule has 0 saturated heterocycles. The molecule has 3 heteroatoms. The fraction of sp³-hybridized carbons (Fsp3) is 0.667. The number of carbonyl (C=O) groups is 2. The van der Waals surface area contributed by atoms with Crippen molar-refractivity contribution in [2.24, 2.45) is 17.3 Å². The van der Waals surface area contributed by atoms with Gasteiger partial charge in [-0.25, -0.2) is 0 Å². The molecular weight excluding hydrogens is 334 g/mol. The van der Waals surface area contributed by atoms with Crippen molar-refractivity contribution in [3.05, 3.63) is 36.6 Å². The summed E-state index contributed by atoms with van der Waals surface area (Å²) >= 11 is 0. The molecule has 0 radical (unpaired) electrons. The molecule has 3 nitrogen and oxygen atoms in total. The van der Waals surface area contributed by atoms with Gasteiger partial charge in [-0.2, -0.15) is 0 Å². The molecule has 2 rings (SSSR count). The summed E-state index contributed by atoms with van der Waals surface area (Å²) < 4.78 is 0. The predicted octanol–water partition coefficient (Wildman–Crippen LogP) is 5.53. The van der Waals surface area contributed by atoms with Gasteiger partial charge in [0.1, 0.15) is 5.78 Å². The second kappa shape index (κ2) is 10.1. The van der Waals surface area contributed by atoms with E-state index in [9.17, 15) is 9.59 Å². The molecule has 0 heterocycles. The van der Waals surface area contributed by atoms with Gasteiger partial charge in [0.15, 0.2) is 5.78 Å². The van der Waals surface area contributed by atoms with E-state index in [1.807, 2.05) is 18.2 Å². The van der Waals surface area contributed by atoms with Gasteiger partial charge in [-0.15, -0.1) is 0 Å². The summed E-state index contributed by atoms with van der Waals surface area (Å²) in [6.45, 7) is 10.2. The third-order valence-corrected chi connectivity index (χ3v) is 6.35. The molecular formula is C24H37NO2. The van der Waals surface area contributed by atoms with Crippen LogP contribution < -0.4 is 5.32 Å². The summed E-state index contributed by atoms with van der Waals surface area (Å²) in [6.07, 6.45) is 17.8. The first-order valence-electron chi connectivity index (χ1n) is 10.7. The lowest BCUT2D eigenvalue weighted by molar-refractivity contribution is -0.133. The van der Waals surface area contributed by atoms with Crippen molar-refractivity contribution < 1.29 is 9.59 Å². The number of rotatable bonds is 10. The Morgan fingerprint density at radius 3 is 2.63 bits per heavy atom. The average Bonchev–Trinajstić information content (AvgIpc) is 3.13. The summed E-state index contributed by atoms with van der Waals surface area (Å²) in [5.74, 6) is -0.210. The SMILES string of the molecule is C=C(/C=C/CCCC)NC(C(=O)C1CC=C[C@H]1C(C)=O)C1(C)CCCCC1. The summed E-state index contributed by atoms with van der Waals surface area (Å²) in [7, 11) is 0. The van der Waals surface area contributed by atoms with Crippen LogP contribution in [0.5, 0.6) is 0 Å². The van der Waals surface area contributed by atoms with Crippen molar-refractivity contribution in [2.45, 2.75) is 84.6 Å². The van der Waals surface area contributed by atoms with Crippen LogP contribution >= 0.6 is 0 Å². The number of nitrogens with one attached hydrogen (secondary N) is 1. The highest BCUT2D eigenvalue weighted by atomic mass is 16.1. The van der Waals surface area contributed by atoms with Gasteiger partial charge < -0.3 is 5.32 Å². The Labute approximate surface area is 165 Å². The molecule has 150 valence electrons. The molecule has 27 heavy (non-hydrogen) atoms. The van der Waals surface area contributed by atoms with Crippen LogP contribution in [0, 0.1) is 17.3 Å². The smallest absolute Gasteiger partial charge is 0.159 e. The minimum absolute atomic E-state index is 0.0700. The van der Waals surface area contributed by atoms with Gasteiger partial charge in [0.2, 0.25) is 0 Å². The number of ketones is 2. The lowest BCUT2D eigenvalue weighted by atomic mass is 9.67. The molecule has 0 bridgehead atoms. The van der Waals surface area contributed by atoms with Crippen LogP contribution in [0.4, 0.5) is 0 Å². The number of allylic oxidation sites excluding steroid dienone is 4. The van der Waals surface area contributed by atoms with E-state index < -0.39 is 0 Å². The molecule has 0 aliphatic heterocycles. The summed E-state index contributed by atoms with van der Waals surface area (Å²) in [6, 6.07) is -0.270. The lowest BCUT2D eigenvalue weighted by Gasteiger charge is -2.42. The first kappa shape index (κ1) is 21.7. The zero-order valence-electron chi connectivity index (χ0n) is 17.4. The van der Waals surface area contributed by atoms with Gasteiger partial charge in [0, 0.05) is 17.5 Å². The summed E-state index contributed by atoms with van der Waals surface area (Å²) in [4.78, 5) is 25.6. The number of hydrogen-bond acceptors (Lipinski definition) is 3. The van der Waals surface area contributed by atoms with E-state index in [0.717, 1.165) is 31.4 Å². The Balaban J connectivity index is 2.17. The summed E-state index contributed by atoms with van der Waals surface area (Å²) in [5, 5.41) is 3.47. The molecule has 0 aromatic rings. The van der Waals surface area contributed by atoms with Crippen LogP contribution in [0.2, 0.25) is 0 Å². The van der Waals surface area contributed by atoms with Crippen molar-refractivity contribution in [1.29, 1.82) is 0 Å². The molecule has 3 atom stereocenters. The number of carbonyl (C=O) groups excluding carboxylic acids is 2. The largest absolute Gasteiger partial charge is 0.375 e. The van der Waals surface area contributed by atoms with Gasteiger partial charge in [-0.05, 0) is 44.1 Å². The van der Waals surface area contributed by atoms with E-state index in [0.29, 0.717) is 6.42 Å². The van der Waals surface area contributed by atoms with Crippen molar-refractivity contribution in [2.75, 3.05) is 0 Å². The Bertz CT molecular complexity index is 596. The minimum Gasteiger partial charge on any atom is -0.375 e. The zero-order valence-corrected chi connectivity index (χ0v) is 17.4. The first-order chi connectivity index (χ1) is 12.9. The Kier molecular flexibility index (Phi) is 8.07. The van der Waals surface area contributed by atoms with Crippen LogP contribution in [0.1, 0.15) is 78.6 Å². The van der Waals surface area contributed by atoms with E-state index in [-0.39, 0.29) is 34.9 Å². The lowest BCUT2D eigenvalue weighted by Crippen LogP contribution is -2.52. The molecule has 0 amide bonds. The van der Waals surface area contributed by atoms with E-state index in [4.69, 9.17) is 0 Å². The van der Waals surface area contributed by atoms with Gasteiger partial charge in [0.25, 0.3) is 0 Å². The van der Waals surface area contributed by atoms with Gasteiger partial charge in [-0.1, -0.05) is 70.8 Å². The van der Waals surface area contributed by atoms with Gasteiger partial charge in [0.05, 0.1) is 6.04 Å². The van der Waals surface area contributed by atoms with Crippen LogP contribution in [0.15, 0.2) is 36.6 Å². The third-order valence-electron chi connectivity index (χ3n) is 6.35. The maximum absolute atomic E-state index is 13.6. The molecule has 2 aliphatic rings. The molecule has 2 aliphatic carbocycles. The number of unbranched alkanes of at least 4 members (excludes halogenated alkanes) is 2. The maximum atomic E-state index is 13.6. The second-order valence-corrected chi connectivity index (χ2v) is 8.67. The normalized spacial score (nSPS) is 25.4. The highest BCUT2D eigenvalue weighted by Crippen LogP contribution is 2.42. The van der Waals surface area contributed by atoms with Crippen LogP contribution in [0.3, 0.4) is 0 Å². The van der Waals surface area contributed by atoms with E-state index in [2.05, 4.69) is 31.8 Å². The topological polar surface area (TPSA) is 46.2 Å². The van der Waals surface area contributed by atoms with Crippen molar-refractivity contribution in [3.63, 3.8) is 0 Å². The Morgan fingerprint density at radius 1 is 1.30 bits per heavy atom. The Hall–Kier alpha value is -1.64. The average molecular weight is 372 g/mol. The van der Waals surface area contributed by atoms with Crippen molar-refractivity contribution in [1.82, 2.24) is 5.32 Å². The quantitative estimate of drug-likeness (QED) is 0.312.